The van der Waals surface area contributed by atoms with E-state index in [1.54, 1.807) is 11.3 Å². The van der Waals surface area contributed by atoms with Crippen molar-refractivity contribution in [2.24, 2.45) is 5.41 Å². The second-order valence-electron chi connectivity index (χ2n) is 5.64. The van der Waals surface area contributed by atoms with E-state index in [-0.39, 0.29) is 0 Å². The Morgan fingerprint density at radius 2 is 2.12 bits per heavy atom. The zero-order valence-corrected chi connectivity index (χ0v) is 13.8. The summed E-state index contributed by atoms with van der Waals surface area (Å²) in [7, 11) is 4.25. The highest BCUT2D eigenvalue weighted by molar-refractivity contribution is 9.10. The standard InChI is InChI=1S/C13H23BrN2S/c1-10(12-11(14)6-7-17-12)15-8-13(2,3)9-16(4)5/h6-7,10,15H,8-9H2,1-5H3. The predicted molar refractivity (Wildman–Crippen MR) is 80.8 cm³/mol. The Hall–Kier alpha value is 0.100. The lowest BCUT2D eigenvalue weighted by atomic mass is 9.92. The zero-order chi connectivity index (χ0) is 13.1. The summed E-state index contributed by atoms with van der Waals surface area (Å²) in [5.74, 6) is 0. The maximum absolute atomic E-state index is 3.63. The van der Waals surface area contributed by atoms with E-state index in [0.29, 0.717) is 11.5 Å². The van der Waals surface area contributed by atoms with Crippen LogP contribution in [0.3, 0.4) is 0 Å². The molecule has 0 bridgehead atoms. The van der Waals surface area contributed by atoms with Gasteiger partial charge in [-0.25, -0.2) is 0 Å². The van der Waals surface area contributed by atoms with E-state index in [0.717, 1.165) is 13.1 Å². The van der Waals surface area contributed by atoms with Crippen LogP contribution < -0.4 is 5.32 Å². The van der Waals surface area contributed by atoms with Crippen LogP contribution in [0, 0.1) is 5.41 Å². The highest BCUT2D eigenvalue weighted by Gasteiger charge is 2.20. The molecule has 0 aliphatic carbocycles. The molecule has 98 valence electrons. The summed E-state index contributed by atoms with van der Waals surface area (Å²) in [5, 5.41) is 5.75. The van der Waals surface area contributed by atoms with Crippen molar-refractivity contribution in [3.05, 3.63) is 20.8 Å². The van der Waals surface area contributed by atoms with Gasteiger partial charge in [-0.1, -0.05) is 13.8 Å². The minimum atomic E-state index is 0.293. The van der Waals surface area contributed by atoms with E-state index in [9.17, 15) is 0 Å². The first-order valence-corrected chi connectivity index (χ1v) is 7.60. The van der Waals surface area contributed by atoms with Crippen LogP contribution in [-0.2, 0) is 0 Å². The molecular formula is C13H23BrN2S. The van der Waals surface area contributed by atoms with Crippen molar-refractivity contribution >= 4 is 27.3 Å². The molecule has 0 spiro atoms. The molecule has 1 aromatic rings. The number of thiophene rings is 1. The molecule has 1 atom stereocenters. The van der Waals surface area contributed by atoms with Gasteiger partial charge in [0.2, 0.25) is 0 Å². The quantitative estimate of drug-likeness (QED) is 0.859. The number of hydrogen-bond acceptors (Lipinski definition) is 3. The Kier molecular flexibility index (Phi) is 5.64. The second kappa shape index (κ2) is 6.32. The smallest absolute Gasteiger partial charge is 0.0397 e. The van der Waals surface area contributed by atoms with Gasteiger partial charge in [0.15, 0.2) is 0 Å². The monoisotopic (exact) mass is 318 g/mol. The molecule has 0 saturated heterocycles. The lowest BCUT2D eigenvalue weighted by molar-refractivity contribution is 0.227. The molecule has 0 radical (unpaired) electrons. The van der Waals surface area contributed by atoms with Crippen molar-refractivity contribution in [1.82, 2.24) is 10.2 Å². The minimum absolute atomic E-state index is 0.293. The van der Waals surface area contributed by atoms with Crippen LogP contribution in [-0.4, -0.2) is 32.1 Å². The molecule has 2 nitrogen and oxygen atoms in total. The maximum atomic E-state index is 3.63. The summed E-state index contributed by atoms with van der Waals surface area (Å²) < 4.78 is 1.22. The van der Waals surface area contributed by atoms with E-state index in [2.05, 4.69) is 72.5 Å². The van der Waals surface area contributed by atoms with Gasteiger partial charge in [-0.3, -0.25) is 0 Å². The molecule has 0 fully saturated rings. The first kappa shape index (κ1) is 15.2. The SMILES string of the molecule is CC(NCC(C)(C)CN(C)C)c1sccc1Br. The van der Waals surface area contributed by atoms with Crippen LogP contribution in [0.5, 0.6) is 0 Å². The van der Waals surface area contributed by atoms with E-state index < -0.39 is 0 Å². The summed E-state index contributed by atoms with van der Waals surface area (Å²) in [5.41, 5.74) is 0.293. The van der Waals surface area contributed by atoms with Crippen LogP contribution in [0.15, 0.2) is 15.9 Å². The van der Waals surface area contributed by atoms with Gasteiger partial charge in [-0.2, -0.15) is 0 Å². The van der Waals surface area contributed by atoms with Crippen LogP contribution in [0.25, 0.3) is 0 Å². The maximum Gasteiger partial charge on any atom is 0.0397 e. The molecule has 0 saturated carbocycles. The second-order valence-corrected chi connectivity index (χ2v) is 7.44. The van der Waals surface area contributed by atoms with Crippen LogP contribution in [0.4, 0.5) is 0 Å². The number of nitrogens with zero attached hydrogens (tertiary/aromatic N) is 1. The summed E-state index contributed by atoms with van der Waals surface area (Å²) in [6.07, 6.45) is 0. The lowest BCUT2D eigenvalue weighted by Gasteiger charge is -2.30. The van der Waals surface area contributed by atoms with Crippen molar-refractivity contribution in [3.63, 3.8) is 0 Å². The molecule has 1 heterocycles. The normalized spacial score (nSPS) is 14.3. The van der Waals surface area contributed by atoms with Crippen LogP contribution in [0.2, 0.25) is 0 Å². The average molecular weight is 319 g/mol. The van der Waals surface area contributed by atoms with Gasteiger partial charge in [0.1, 0.15) is 0 Å². The number of rotatable bonds is 6. The Bertz CT molecular complexity index is 347. The average Bonchev–Trinajstić information content (AvgIpc) is 2.59. The molecule has 1 N–H and O–H groups in total. The van der Waals surface area contributed by atoms with Gasteiger partial charge in [-0.15, -0.1) is 11.3 Å². The molecule has 4 heteroatoms. The van der Waals surface area contributed by atoms with Crippen molar-refractivity contribution in [2.45, 2.75) is 26.8 Å². The highest BCUT2D eigenvalue weighted by Crippen LogP contribution is 2.29. The Morgan fingerprint density at radius 1 is 1.47 bits per heavy atom. The summed E-state index contributed by atoms with van der Waals surface area (Å²) in [6, 6.07) is 2.52. The van der Waals surface area contributed by atoms with E-state index in [1.165, 1.54) is 9.35 Å². The van der Waals surface area contributed by atoms with Crippen LogP contribution in [0.1, 0.15) is 31.7 Å². The molecule has 1 rings (SSSR count). The fourth-order valence-electron chi connectivity index (χ4n) is 2.05. The van der Waals surface area contributed by atoms with Gasteiger partial charge in [-0.05, 0) is 53.8 Å². The van der Waals surface area contributed by atoms with Crippen molar-refractivity contribution in [2.75, 3.05) is 27.2 Å². The third kappa shape index (κ3) is 5.08. The van der Waals surface area contributed by atoms with Crippen molar-refractivity contribution in [1.29, 1.82) is 0 Å². The number of nitrogens with one attached hydrogen (secondary N) is 1. The van der Waals surface area contributed by atoms with Crippen LogP contribution >= 0.6 is 27.3 Å². The zero-order valence-electron chi connectivity index (χ0n) is 11.4. The molecular weight excluding hydrogens is 296 g/mol. The highest BCUT2D eigenvalue weighted by atomic mass is 79.9. The molecule has 17 heavy (non-hydrogen) atoms. The van der Waals surface area contributed by atoms with Gasteiger partial charge < -0.3 is 10.2 Å². The molecule has 0 aliphatic heterocycles. The molecule has 0 aromatic carbocycles. The fourth-order valence-corrected chi connectivity index (χ4v) is 3.80. The number of hydrogen-bond donors (Lipinski definition) is 1. The third-order valence-corrected chi connectivity index (χ3v) is 4.72. The Balaban J connectivity index is 2.48. The Labute approximate surface area is 118 Å². The minimum Gasteiger partial charge on any atom is -0.309 e. The molecule has 0 aliphatic rings. The first-order chi connectivity index (χ1) is 7.82. The number of halogens is 1. The lowest BCUT2D eigenvalue weighted by Crippen LogP contribution is -2.38. The largest absolute Gasteiger partial charge is 0.309 e. The molecule has 1 unspecified atom stereocenters. The fraction of sp³-hybridized carbons (Fsp3) is 0.692. The summed E-state index contributed by atoms with van der Waals surface area (Å²) in [4.78, 5) is 3.62. The topological polar surface area (TPSA) is 15.3 Å². The molecule has 1 aromatic heterocycles. The first-order valence-electron chi connectivity index (χ1n) is 5.93. The summed E-state index contributed by atoms with van der Waals surface area (Å²) in [6.45, 7) is 8.95. The van der Waals surface area contributed by atoms with E-state index in [4.69, 9.17) is 0 Å². The van der Waals surface area contributed by atoms with E-state index in [1.807, 2.05) is 0 Å². The summed E-state index contributed by atoms with van der Waals surface area (Å²) >= 11 is 5.39. The van der Waals surface area contributed by atoms with Gasteiger partial charge in [0.05, 0.1) is 0 Å². The van der Waals surface area contributed by atoms with Gasteiger partial charge in [0.25, 0.3) is 0 Å². The van der Waals surface area contributed by atoms with E-state index >= 15 is 0 Å². The molecule has 0 amide bonds. The predicted octanol–water partition coefficient (Wildman–Crippen LogP) is 3.75. The Morgan fingerprint density at radius 3 is 2.59 bits per heavy atom. The van der Waals surface area contributed by atoms with Crippen molar-refractivity contribution < 1.29 is 0 Å². The van der Waals surface area contributed by atoms with Gasteiger partial charge >= 0.3 is 0 Å². The van der Waals surface area contributed by atoms with Crippen molar-refractivity contribution in [3.8, 4) is 0 Å². The third-order valence-electron chi connectivity index (χ3n) is 2.67. The van der Waals surface area contributed by atoms with Gasteiger partial charge in [0, 0.05) is 28.5 Å².